The summed E-state index contributed by atoms with van der Waals surface area (Å²) < 4.78 is 14.3. The summed E-state index contributed by atoms with van der Waals surface area (Å²) in [6.07, 6.45) is 1.25. The van der Waals surface area contributed by atoms with Gasteiger partial charge in [0.05, 0.1) is 26.9 Å². The number of nitrogens with two attached hydrogens (primary N) is 1. The van der Waals surface area contributed by atoms with Gasteiger partial charge in [0.25, 0.3) is 0 Å². The monoisotopic (exact) mass is 319 g/mol. The lowest BCUT2D eigenvalue weighted by molar-refractivity contribution is 0.0587. The molecule has 0 spiro atoms. The van der Waals surface area contributed by atoms with Crippen LogP contribution in [0.25, 0.3) is 11.4 Å². The first-order chi connectivity index (χ1) is 11.0. The normalized spacial score (nSPS) is 10.0. The number of esters is 2. The highest BCUT2D eigenvalue weighted by Gasteiger charge is 2.21. The number of methoxy groups -OCH3 is 3. The number of hydrogen-bond acceptors (Lipinski definition) is 10. The van der Waals surface area contributed by atoms with Gasteiger partial charge in [0.1, 0.15) is 0 Å². The number of aromatic nitrogens is 4. The molecule has 0 fully saturated rings. The number of ether oxygens (including phenoxy) is 3. The van der Waals surface area contributed by atoms with E-state index >= 15 is 0 Å². The van der Waals surface area contributed by atoms with Gasteiger partial charge in [-0.15, -0.1) is 0 Å². The molecule has 0 saturated carbocycles. The summed E-state index contributed by atoms with van der Waals surface area (Å²) in [7, 11) is 3.77. The van der Waals surface area contributed by atoms with Gasteiger partial charge < -0.3 is 19.9 Å². The van der Waals surface area contributed by atoms with Gasteiger partial charge in [0.15, 0.2) is 17.2 Å². The van der Waals surface area contributed by atoms with Crippen molar-refractivity contribution in [3.05, 3.63) is 23.7 Å². The van der Waals surface area contributed by atoms with Crippen LogP contribution in [0.4, 0.5) is 5.95 Å². The van der Waals surface area contributed by atoms with Crippen molar-refractivity contribution in [1.29, 1.82) is 0 Å². The third-order valence-electron chi connectivity index (χ3n) is 2.73. The summed E-state index contributed by atoms with van der Waals surface area (Å²) in [5, 5.41) is 0. The second kappa shape index (κ2) is 6.64. The molecule has 0 aliphatic rings. The maximum absolute atomic E-state index is 11.8. The smallest absolute Gasteiger partial charge is 0.357 e. The van der Waals surface area contributed by atoms with E-state index < -0.39 is 11.9 Å². The summed E-state index contributed by atoms with van der Waals surface area (Å²) in [5.74, 6) is -1.47. The number of carbonyl (C=O) groups is 2. The topological polar surface area (TPSA) is 139 Å². The molecule has 120 valence electrons. The molecule has 2 aromatic heterocycles. The summed E-state index contributed by atoms with van der Waals surface area (Å²) in [4.78, 5) is 39.3. The molecule has 10 heteroatoms. The van der Waals surface area contributed by atoms with Crippen molar-refractivity contribution in [3.63, 3.8) is 0 Å². The molecule has 0 aromatic carbocycles. The summed E-state index contributed by atoms with van der Waals surface area (Å²) in [6, 6.07) is 1.30. The Labute approximate surface area is 130 Å². The first-order valence-electron chi connectivity index (χ1n) is 6.22. The van der Waals surface area contributed by atoms with Crippen molar-refractivity contribution < 1.29 is 23.8 Å². The lowest BCUT2D eigenvalue weighted by atomic mass is 10.2. The second-order valence-corrected chi connectivity index (χ2v) is 4.09. The van der Waals surface area contributed by atoms with E-state index in [0.717, 1.165) is 0 Å². The zero-order valence-electron chi connectivity index (χ0n) is 12.6. The van der Waals surface area contributed by atoms with Gasteiger partial charge in [0.2, 0.25) is 11.8 Å². The molecule has 0 aliphatic carbocycles. The molecule has 2 aromatic rings. The maximum atomic E-state index is 11.8. The van der Waals surface area contributed by atoms with E-state index in [1.54, 1.807) is 0 Å². The largest absolute Gasteiger partial charge is 0.481 e. The molecule has 10 nitrogen and oxygen atoms in total. The predicted octanol–water partition coefficient (Wildman–Crippen LogP) is 0.0976. The van der Waals surface area contributed by atoms with Crippen LogP contribution in [0.5, 0.6) is 5.88 Å². The zero-order chi connectivity index (χ0) is 17.0. The van der Waals surface area contributed by atoms with Crippen LogP contribution in [-0.2, 0) is 9.47 Å². The van der Waals surface area contributed by atoms with Crippen molar-refractivity contribution in [2.24, 2.45) is 0 Å². The van der Waals surface area contributed by atoms with Gasteiger partial charge in [-0.25, -0.2) is 24.5 Å². The highest BCUT2D eigenvalue weighted by Crippen LogP contribution is 2.22. The first kappa shape index (κ1) is 16.1. The van der Waals surface area contributed by atoms with Crippen LogP contribution in [0.2, 0.25) is 0 Å². The minimum Gasteiger partial charge on any atom is -0.481 e. The molecule has 23 heavy (non-hydrogen) atoms. The van der Waals surface area contributed by atoms with Crippen LogP contribution >= 0.6 is 0 Å². The van der Waals surface area contributed by atoms with E-state index in [4.69, 9.17) is 10.5 Å². The Balaban J connectivity index is 2.66. The van der Waals surface area contributed by atoms with E-state index in [9.17, 15) is 9.59 Å². The van der Waals surface area contributed by atoms with Crippen LogP contribution < -0.4 is 10.5 Å². The van der Waals surface area contributed by atoms with Gasteiger partial charge in [-0.3, -0.25) is 0 Å². The third kappa shape index (κ3) is 3.31. The molecule has 2 rings (SSSR count). The van der Waals surface area contributed by atoms with Crippen LogP contribution in [0.15, 0.2) is 12.3 Å². The van der Waals surface area contributed by atoms with Crippen LogP contribution in [0.3, 0.4) is 0 Å². The maximum Gasteiger partial charge on any atom is 0.357 e. The Morgan fingerprint density at radius 2 is 1.74 bits per heavy atom. The van der Waals surface area contributed by atoms with Crippen LogP contribution in [0, 0.1) is 0 Å². The fraction of sp³-hybridized carbons (Fsp3) is 0.231. The molecule has 2 N–H and O–H groups in total. The van der Waals surface area contributed by atoms with E-state index in [2.05, 4.69) is 29.4 Å². The van der Waals surface area contributed by atoms with E-state index in [-0.39, 0.29) is 34.6 Å². The minimum absolute atomic E-state index is 0.00912. The van der Waals surface area contributed by atoms with Crippen molar-refractivity contribution in [1.82, 2.24) is 19.9 Å². The van der Waals surface area contributed by atoms with E-state index in [1.165, 1.54) is 33.6 Å². The summed E-state index contributed by atoms with van der Waals surface area (Å²) in [5.41, 5.74) is 5.43. The van der Waals surface area contributed by atoms with Gasteiger partial charge >= 0.3 is 11.9 Å². The highest BCUT2D eigenvalue weighted by atomic mass is 16.5. The Bertz CT molecular complexity index is 764. The molecule has 0 atom stereocenters. The van der Waals surface area contributed by atoms with E-state index in [1.807, 2.05) is 0 Å². The molecule has 0 unspecified atom stereocenters. The molecule has 0 radical (unpaired) electrons. The minimum atomic E-state index is -0.750. The van der Waals surface area contributed by atoms with Gasteiger partial charge in [0, 0.05) is 12.3 Å². The van der Waals surface area contributed by atoms with Gasteiger partial charge in [-0.05, 0) is 0 Å². The SMILES string of the molecule is COC(=O)c1cc(OC)nc(-c2cnc(N)nc2C(=O)OC)n1. The van der Waals surface area contributed by atoms with Crippen molar-refractivity contribution in [2.45, 2.75) is 0 Å². The Hall–Kier alpha value is -3.30. The molecule has 0 aliphatic heterocycles. The number of hydrogen-bond donors (Lipinski definition) is 1. The standard InChI is InChI=1S/C13H13N5O5/c1-21-8-4-7(11(19)22-2)16-10(17-8)6-5-15-13(14)18-9(6)12(20)23-3/h4-5H,1-3H3,(H2,14,15,18). The van der Waals surface area contributed by atoms with Crippen molar-refractivity contribution in [2.75, 3.05) is 27.1 Å². The van der Waals surface area contributed by atoms with Crippen LogP contribution in [-0.4, -0.2) is 53.2 Å². The average Bonchev–Trinajstić information content (AvgIpc) is 2.59. The molecular weight excluding hydrogens is 306 g/mol. The molecule has 0 amide bonds. The van der Waals surface area contributed by atoms with Crippen LogP contribution in [0.1, 0.15) is 21.0 Å². The van der Waals surface area contributed by atoms with Gasteiger partial charge in [-0.1, -0.05) is 0 Å². The summed E-state index contributed by atoms with van der Waals surface area (Å²) >= 11 is 0. The number of nitrogen functional groups attached to an aromatic ring is 1. The fourth-order valence-electron chi connectivity index (χ4n) is 1.67. The van der Waals surface area contributed by atoms with Gasteiger partial charge in [-0.2, -0.15) is 4.98 Å². The number of carbonyl (C=O) groups excluding carboxylic acids is 2. The average molecular weight is 319 g/mol. The van der Waals surface area contributed by atoms with E-state index in [0.29, 0.717) is 0 Å². The fourth-order valence-corrected chi connectivity index (χ4v) is 1.67. The second-order valence-electron chi connectivity index (χ2n) is 4.09. The Morgan fingerprint density at radius 3 is 2.35 bits per heavy atom. The lowest BCUT2D eigenvalue weighted by Crippen LogP contribution is -2.12. The lowest BCUT2D eigenvalue weighted by Gasteiger charge is -2.09. The predicted molar refractivity (Wildman–Crippen MR) is 76.7 cm³/mol. The zero-order valence-corrected chi connectivity index (χ0v) is 12.6. The molecular formula is C13H13N5O5. The quantitative estimate of drug-likeness (QED) is 0.771. The molecule has 0 saturated heterocycles. The summed E-state index contributed by atoms with van der Waals surface area (Å²) in [6.45, 7) is 0. The highest BCUT2D eigenvalue weighted by molar-refractivity contribution is 5.95. The molecule has 0 bridgehead atoms. The number of anilines is 1. The Morgan fingerprint density at radius 1 is 1.04 bits per heavy atom. The Kier molecular flexibility index (Phi) is 4.64. The number of nitrogens with zero attached hydrogens (tertiary/aromatic N) is 4. The third-order valence-corrected chi connectivity index (χ3v) is 2.73. The van der Waals surface area contributed by atoms with Crippen molar-refractivity contribution >= 4 is 17.9 Å². The number of rotatable bonds is 4. The first-order valence-corrected chi connectivity index (χ1v) is 6.22. The van der Waals surface area contributed by atoms with Crippen molar-refractivity contribution in [3.8, 4) is 17.3 Å². The molecule has 2 heterocycles.